The number of carbonyl (C=O) groups excluding carboxylic acids is 1. The van der Waals surface area contributed by atoms with Crippen LogP contribution < -0.4 is 10.6 Å². The van der Waals surface area contributed by atoms with E-state index >= 15 is 0 Å². The van der Waals surface area contributed by atoms with Crippen LogP contribution >= 0.6 is 12.2 Å². The highest BCUT2D eigenvalue weighted by molar-refractivity contribution is 7.80. The molecule has 230 valence electrons. The first-order chi connectivity index (χ1) is 21.8. The molecule has 0 aliphatic heterocycles. The second-order valence-electron chi connectivity index (χ2n) is 10.7. The van der Waals surface area contributed by atoms with Crippen molar-refractivity contribution in [3.8, 4) is 5.69 Å². The van der Waals surface area contributed by atoms with Crippen LogP contribution in [0.2, 0.25) is 0 Å². The van der Waals surface area contributed by atoms with E-state index in [0.717, 1.165) is 22.8 Å². The molecule has 4 aromatic carbocycles. The van der Waals surface area contributed by atoms with Crippen molar-refractivity contribution in [2.45, 2.75) is 38.8 Å². The SMILES string of the molecule is CCC[C@@H](CN(Cc1cccc2ccccc12)C(=S)Nc1ccccc1F)NC(=O)Cc1cncn1-c1ccc([N+](=O)[O-])cc1. The van der Waals surface area contributed by atoms with Gasteiger partial charge in [0.25, 0.3) is 5.69 Å². The highest BCUT2D eigenvalue weighted by Crippen LogP contribution is 2.22. The summed E-state index contributed by atoms with van der Waals surface area (Å²) in [5.74, 6) is -0.608. The van der Waals surface area contributed by atoms with Gasteiger partial charge in [0, 0.05) is 43.1 Å². The smallest absolute Gasteiger partial charge is 0.269 e. The summed E-state index contributed by atoms with van der Waals surface area (Å²) in [6.45, 7) is 2.89. The zero-order valence-corrected chi connectivity index (χ0v) is 25.5. The molecule has 0 aliphatic rings. The van der Waals surface area contributed by atoms with Crippen LogP contribution in [0.4, 0.5) is 15.8 Å². The Morgan fingerprint density at radius 2 is 1.78 bits per heavy atom. The topological polar surface area (TPSA) is 105 Å². The van der Waals surface area contributed by atoms with Gasteiger partial charge in [-0.15, -0.1) is 0 Å². The molecule has 0 saturated heterocycles. The number of non-ortho nitro benzene ring substituents is 1. The number of fused-ring (bicyclic) bond motifs is 1. The van der Waals surface area contributed by atoms with Crippen LogP contribution in [0, 0.1) is 15.9 Å². The van der Waals surface area contributed by atoms with Gasteiger partial charge in [-0.25, -0.2) is 9.37 Å². The van der Waals surface area contributed by atoms with Crippen LogP contribution in [0.1, 0.15) is 31.0 Å². The molecule has 9 nitrogen and oxygen atoms in total. The molecule has 0 fully saturated rings. The highest BCUT2D eigenvalue weighted by atomic mass is 32.1. The molecule has 11 heteroatoms. The fourth-order valence-electron chi connectivity index (χ4n) is 5.30. The number of benzene rings is 4. The number of hydrogen-bond acceptors (Lipinski definition) is 5. The number of rotatable bonds is 12. The van der Waals surface area contributed by atoms with Gasteiger partial charge in [0.2, 0.25) is 5.91 Å². The standard InChI is InChI=1S/C34H33FN6O3S/c1-2-8-26(37-33(42)19-29-20-36-23-40(29)27-15-17-28(18-16-27)41(43)44)22-39(34(45)38-32-14-6-5-13-31(32)35)21-25-11-7-10-24-9-3-4-12-30(24)25/h3-7,9-18,20,23,26H,2,8,19,21-22H2,1H3,(H,37,42)(H,38,45)/t26-/m0/s1. The van der Waals surface area contributed by atoms with E-state index in [1.165, 1.54) is 18.2 Å². The van der Waals surface area contributed by atoms with Crippen LogP contribution in [0.25, 0.3) is 16.5 Å². The predicted octanol–water partition coefficient (Wildman–Crippen LogP) is 6.80. The van der Waals surface area contributed by atoms with Crippen molar-refractivity contribution in [3.63, 3.8) is 0 Å². The maximum atomic E-state index is 14.6. The van der Waals surface area contributed by atoms with E-state index in [9.17, 15) is 19.3 Å². The number of thiocarbonyl (C=S) groups is 1. The first kappa shape index (κ1) is 31.3. The summed E-state index contributed by atoms with van der Waals surface area (Å²) in [5.41, 5.74) is 2.62. The van der Waals surface area contributed by atoms with Crippen molar-refractivity contribution in [2.24, 2.45) is 0 Å². The normalized spacial score (nSPS) is 11.6. The zero-order valence-electron chi connectivity index (χ0n) is 24.7. The summed E-state index contributed by atoms with van der Waals surface area (Å²) in [5, 5.41) is 19.8. The molecule has 5 aromatic rings. The van der Waals surface area contributed by atoms with Gasteiger partial charge in [0.15, 0.2) is 5.11 Å². The maximum Gasteiger partial charge on any atom is 0.269 e. The molecule has 5 rings (SSSR count). The van der Waals surface area contributed by atoms with Gasteiger partial charge in [-0.05, 0) is 59.2 Å². The molecule has 2 N–H and O–H groups in total. The predicted molar refractivity (Wildman–Crippen MR) is 178 cm³/mol. The van der Waals surface area contributed by atoms with Crippen molar-refractivity contribution >= 4 is 45.4 Å². The fraction of sp³-hybridized carbons (Fsp3) is 0.206. The van der Waals surface area contributed by atoms with Crippen LogP contribution in [-0.4, -0.2) is 43.0 Å². The van der Waals surface area contributed by atoms with Crippen LogP contribution in [0.3, 0.4) is 0 Å². The lowest BCUT2D eigenvalue weighted by Crippen LogP contribution is -2.47. The van der Waals surface area contributed by atoms with E-state index in [-0.39, 0.29) is 29.7 Å². The number of amides is 1. The third-order valence-corrected chi connectivity index (χ3v) is 7.84. The lowest BCUT2D eigenvalue weighted by molar-refractivity contribution is -0.384. The average molecular weight is 625 g/mol. The molecule has 1 atom stereocenters. The number of carbonyl (C=O) groups is 1. The second-order valence-corrected chi connectivity index (χ2v) is 11.1. The van der Waals surface area contributed by atoms with Crippen molar-refractivity contribution in [3.05, 3.63) is 131 Å². The van der Waals surface area contributed by atoms with Gasteiger partial charge in [-0.2, -0.15) is 0 Å². The van der Waals surface area contributed by atoms with E-state index in [1.54, 1.807) is 47.4 Å². The minimum Gasteiger partial charge on any atom is -0.351 e. The molecule has 1 heterocycles. The van der Waals surface area contributed by atoms with Crippen molar-refractivity contribution < 1.29 is 14.1 Å². The minimum atomic E-state index is -0.457. The molecule has 0 unspecified atom stereocenters. The lowest BCUT2D eigenvalue weighted by Gasteiger charge is -2.31. The zero-order chi connectivity index (χ0) is 31.8. The van der Waals surface area contributed by atoms with E-state index < -0.39 is 10.7 Å². The Labute approximate surface area is 265 Å². The van der Waals surface area contributed by atoms with Gasteiger partial charge in [-0.3, -0.25) is 14.9 Å². The quantitative estimate of drug-likeness (QED) is 0.0894. The van der Waals surface area contributed by atoms with Gasteiger partial charge in [-0.1, -0.05) is 67.9 Å². The van der Waals surface area contributed by atoms with E-state index in [2.05, 4.69) is 33.8 Å². The first-order valence-corrected chi connectivity index (χ1v) is 15.1. The monoisotopic (exact) mass is 624 g/mol. The van der Waals surface area contributed by atoms with Crippen LogP contribution in [0.15, 0.2) is 104 Å². The molecule has 1 aromatic heterocycles. The molecule has 1 amide bonds. The Hall–Kier alpha value is -5.16. The Bertz CT molecular complexity index is 1800. The number of nitrogens with one attached hydrogen (secondary N) is 2. The highest BCUT2D eigenvalue weighted by Gasteiger charge is 2.21. The number of nitro groups is 1. The Kier molecular flexibility index (Phi) is 10.1. The van der Waals surface area contributed by atoms with E-state index in [1.807, 2.05) is 36.1 Å². The van der Waals surface area contributed by atoms with Crippen LogP contribution in [0.5, 0.6) is 0 Å². The number of hydrogen-bond donors (Lipinski definition) is 2. The van der Waals surface area contributed by atoms with Gasteiger partial charge < -0.3 is 20.1 Å². The summed E-state index contributed by atoms with van der Waals surface area (Å²) in [6, 6.07) is 26.4. The lowest BCUT2D eigenvalue weighted by atomic mass is 10.0. The Balaban J connectivity index is 1.35. The van der Waals surface area contributed by atoms with Crippen molar-refractivity contribution in [2.75, 3.05) is 11.9 Å². The van der Waals surface area contributed by atoms with Gasteiger partial charge in [0.1, 0.15) is 5.82 Å². The van der Waals surface area contributed by atoms with Gasteiger partial charge >= 0.3 is 0 Å². The number of nitrogens with zero attached hydrogens (tertiary/aromatic N) is 4. The number of anilines is 1. The molecule has 45 heavy (non-hydrogen) atoms. The average Bonchev–Trinajstić information content (AvgIpc) is 3.50. The summed E-state index contributed by atoms with van der Waals surface area (Å²) < 4.78 is 16.3. The number of imidazole rings is 1. The third-order valence-electron chi connectivity index (χ3n) is 7.48. The summed E-state index contributed by atoms with van der Waals surface area (Å²) >= 11 is 5.83. The maximum absolute atomic E-state index is 14.6. The molecule has 0 radical (unpaired) electrons. The fourth-order valence-corrected chi connectivity index (χ4v) is 5.55. The van der Waals surface area contributed by atoms with Crippen LogP contribution in [-0.2, 0) is 17.8 Å². The third kappa shape index (κ3) is 7.87. The number of aromatic nitrogens is 2. The molecular formula is C34H33FN6O3S. The largest absolute Gasteiger partial charge is 0.351 e. The van der Waals surface area contributed by atoms with Gasteiger partial charge in [0.05, 0.1) is 29.1 Å². The number of para-hydroxylation sites is 1. The number of halogens is 1. The molecule has 0 spiro atoms. The minimum absolute atomic E-state index is 0.0176. The molecule has 0 saturated carbocycles. The van der Waals surface area contributed by atoms with E-state index in [4.69, 9.17) is 12.2 Å². The second kappa shape index (κ2) is 14.5. The van der Waals surface area contributed by atoms with E-state index in [0.29, 0.717) is 36.0 Å². The first-order valence-electron chi connectivity index (χ1n) is 14.6. The number of nitro benzene ring substituents is 1. The summed E-state index contributed by atoms with van der Waals surface area (Å²) in [4.78, 5) is 30.1. The summed E-state index contributed by atoms with van der Waals surface area (Å²) in [7, 11) is 0. The summed E-state index contributed by atoms with van der Waals surface area (Å²) in [6.07, 6.45) is 4.75. The molecule has 0 aliphatic carbocycles. The van der Waals surface area contributed by atoms with Crippen molar-refractivity contribution in [1.29, 1.82) is 0 Å². The molecular weight excluding hydrogens is 591 g/mol. The Morgan fingerprint density at radius 1 is 1.04 bits per heavy atom. The molecule has 0 bridgehead atoms. The Morgan fingerprint density at radius 3 is 2.53 bits per heavy atom. The van der Waals surface area contributed by atoms with Crippen molar-refractivity contribution in [1.82, 2.24) is 19.8 Å².